The van der Waals surface area contributed by atoms with Gasteiger partial charge in [-0.25, -0.2) is 0 Å². The zero-order valence-electron chi connectivity index (χ0n) is 11.1. The maximum Gasteiger partial charge on any atom is 0.184 e. The van der Waals surface area contributed by atoms with Crippen LogP contribution in [0.15, 0.2) is 42.5 Å². The van der Waals surface area contributed by atoms with Crippen molar-refractivity contribution in [3.63, 3.8) is 0 Å². The van der Waals surface area contributed by atoms with E-state index in [1.165, 1.54) is 0 Å². The van der Waals surface area contributed by atoms with Crippen molar-refractivity contribution in [2.45, 2.75) is 12.4 Å². The predicted octanol–water partition coefficient (Wildman–Crippen LogP) is 1.85. The van der Waals surface area contributed by atoms with Crippen molar-refractivity contribution in [3.8, 4) is 0 Å². The molecule has 3 unspecified atom stereocenters. The second-order valence-electron chi connectivity index (χ2n) is 5.03. The number of hydrogen-bond acceptors (Lipinski definition) is 4. The maximum atomic E-state index is 9.38. The molecule has 3 atom stereocenters. The average molecular weight is 274 g/mol. The molecule has 4 nitrogen and oxygen atoms in total. The van der Waals surface area contributed by atoms with Gasteiger partial charge in [0.2, 0.25) is 0 Å². The monoisotopic (exact) mass is 274 g/mol. The summed E-state index contributed by atoms with van der Waals surface area (Å²) in [4.78, 5) is 0. The fourth-order valence-electron chi connectivity index (χ4n) is 2.61. The van der Waals surface area contributed by atoms with Gasteiger partial charge in [0.15, 0.2) is 6.29 Å². The third-order valence-electron chi connectivity index (χ3n) is 3.78. The van der Waals surface area contributed by atoms with Gasteiger partial charge in [-0.05, 0) is 10.8 Å². The number of aliphatic hydroxyl groups excluding tert-OH is 2. The van der Waals surface area contributed by atoms with E-state index in [2.05, 4.69) is 0 Å². The fourth-order valence-corrected chi connectivity index (χ4v) is 2.61. The van der Waals surface area contributed by atoms with E-state index in [9.17, 15) is 10.2 Å². The molecule has 1 saturated heterocycles. The molecule has 2 aromatic rings. The number of aliphatic hydroxyl groups is 2. The Morgan fingerprint density at radius 2 is 1.80 bits per heavy atom. The Morgan fingerprint density at radius 3 is 2.60 bits per heavy atom. The van der Waals surface area contributed by atoms with Crippen LogP contribution in [0.3, 0.4) is 0 Å². The molecule has 3 rings (SSSR count). The summed E-state index contributed by atoms with van der Waals surface area (Å²) >= 11 is 0. The van der Waals surface area contributed by atoms with Crippen LogP contribution in [0.2, 0.25) is 0 Å². The number of hydrogen-bond donors (Lipinski definition) is 2. The normalized spacial score (nSPS) is 26.8. The summed E-state index contributed by atoms with van der Waals surface area (Å²) < 4.78 is 11.5. The van der Waals surface area contributed by atoms with Gasteiger partial charge in [0, 0.05) is 11.5 Å². The van der Waals surface area contributed by atoms with Gasteiger partial charge >= 0.3 is 0 Å². The van der Waals surface area contributed by atoms with E-state index >= 15 is 0 Å². The van der Waals surface area contributed by atoms with E-state index in [-0.39, 0.29) is 19.1 Å². The quantitative estimate of drug-likeness (QED) is 0.897. The molecule has 0 aliphatic carbocycles. The van der Waals surface area contributed by atoms with Gasteiger partial charge < -0.3 is 19.7 Å². The zero-order valence-corrected chi connectivity index (χ0v) is 11.1. The van der Waals surface area contributed by atoms with Gasteiger partial charge in [-0.2, -0.15) is 0 Å². The summed E-state index contributed by atoms with van der Waals surface area (Å²) in [7, 11) is 0. The minimum Gasteiger partial charge on any atom is -0.396 e. The highest BCUT2D eigenvalue weighted by Crippen LogP contribution is 2.33. The Labute approximate surface area is 117 Å². The molecule has 0 aromatic heterocycles. The van der Waals surface area contributed by atoms with Gasteiger partial charge in [-0.1, -0.05) is 42.5 Å². The van der Waals surface area contributed by atoms with Crippen molar-refractivity contribution in [1.29, 1.82) is 0 Å². The third kappa shape index (κ3) is 2.43. The van der Waals surface area contributed by atoms with Crippen LogP contribution in [0.4, 0.5) is 0 Å². The Bertz CT molecular complexity index is 578. The van der Waals surface area contributed by atoms with Crippen LogP contribution in [0, 0.1) is 5.92 Å². The summed E-state index contributed by atoms with van der Waals surface area (Å²) in [5.74, 6) is -0.175. The molecule has 0 spiro atoms. The van der Waals surface area contributed by atoms with E-state index in [0.717, 1.165) is 16.3 Å². The van der Waals surface area contributed by atoms with Gasteiger partial charge in [0.1, 0.15) is 0 Å². The van der Waals surface area contributed by atoms with E-state index in [4.69, 9.17) is 9.47 Å². The molecule has 4 heteroatoms. The van der Waals surface area contributed by atoms with E-state index in [0.29, 0.717) is 6.61 Å². The summed E-state index contributed by atoms with van der Waals surface area (Å²) in [6.07, 6.45) is -0.890. The standard InChI is InChI=1S/C16H18O4/c17-8-12-10-19-16(20-15(12)9-18)14-7-3-5-11-4-1-2-6-13(11)14/h1-7,12,15-18H,8-10H2. The van der Waals surface area contributed by atoms with Gasteiger partial charge in [0.25, 0.3) is 0 Å². The molecular weight excluding hydrogens is 256 g/mol. The highest BCUT2D eigenvalue weighted by Gasteiger charge is 2.32. The molecule has 1 aliphatic heterocycles. The fraction of sp³-hybridized carbons (Fsp3) is 0.375. The topological polar surface area (TPSA) is 58.9 Å². The van der Waals surface area contributed by atoms with Crippen LogP contribution in [0.1, 0.15) is 11.9 Å². The van der Waals surface area contributed by atoms with Crippen molar-refractivity contribution >= 4 is 10.8 Å². The largest absolute Gasteiger partial charge is 0.396 e. The lowest BCUT2D eigenvalue weighted by atomic mass is 10.0. The first kappa shape index (κ1) is 13.5. The zero-order chi connectivity index (χ0) is 13.9. The highest BCUT2D eigenvalue weighted by atomic mass is 16.7. The molecule has 0 bridgehead atoms. The first-order chi connectivity index (χ1) is 9.83. The van der Waals surface area contributed by atoms with Crippen molar-refractivity contribution in [1.82, 2.24) is 0 Å². The SMILES string of the molecule is OCC1COC(c2cccc3ccccc23)OC1CO. The summed E-state index contributed by atoms with van der Waals surface area (Å²) in [5.41, 5.74) is 0.956. The van der Waals surface area contributed by atoms with E-state index in [1.54, 1.807) is 0 Å². The number of benzene rings is 2. The van der Waals surface area contributed by atoms with Crippen LogP contribution < -0.4 is 0 Å². The van der Waals surface area contributed by atoms with Gasteiger partial charge in [-0.15, -0.1) is 0 Å². The lowest BCUT2D eigenvalue weighted by Gasteiger charge is -2.35. The first-order valence-electron chi connectivity index (χ1n) is 6.80. The van der Waals surface area contributed by atoms with E-state index in [1.807, 2.05) is 42.5 Å². The molecule has 20 heavy (non-hydrogen) atoms. The second kappa shape index (κ2) is 5.89. The molecule has 0 saturated carbocycles. The number of ether oxygens (including phenoxy) is 2. The Morgan fingerprint density at radius 1 is 1.00 bits per heavy atom. The van der Waals surface area contributed by atoms with E-state index < -0.39 is 12.4 Å². The molecule has 0 radical (unpaired) electrons. The maximum absolute atomic E-state index is 9.38. The second-order valence-corrected chi connectivity index (χ2v) is 5.03. The number of fused-ring (bicyclic) bond motifs is 1. The van der Waals surface area contributed by atoms with Crippen molar-refractivity contribution in [2.24, 2.45) is 5.92 Å². The van der Waals surface area contributed by atoms with Crippen molar-refractivity contribution in [3.05, 3.63) is 48.0 Å². The lowest BCUT2D eigenvalue weighted by Crippen LogP contribution is -2.40. The Hall–Kier alpha value is -1.46. The van der Waals surface area contributed by atoms with Crippen LogP contribution in [0.25, 0.3) is 10.8 Å². The number of rotatable bonds is 3. The smallest absolute Gasteiger partial charge is 0.184 e. The average Bonchev–Trinajstić information content (AvgIpc) is 2.53. The first-order valence-corrected chi connectivity index (χ1v) is 6.80. The van der Waals surface area contributed by atoms with Crippen LogP contribution in [-0.2, 0) is 9.47 Å². The molecular formula is C16H18O4. The minimum absolute atomic E-state index is 0.0481. The van der Waals surface area contributed by atoms with Gasteiger partial charge in [0.05, 0.1) is 25.9 Å². The summed E-state index contributed by atoms with van der Waals surface area (Å²) in [5, 5.41) is 20.8. The molecule has 1 aliphatic rings. The van der Waals surface area contributed by atoms with Crippen molar-refractivity contribution < 1.29 is 19.7 Å². The lowest BCUT2D eigenvalue weighted by molar-refractivity contribution is -0.252. The molecule has 2 aromatic carbocycles. The molecule has 0 amide bonds. The highest BCUT2D eigenvalue weighted by molar-refractivity contribution is 5.85. The van der Waals surface area contributed by atoms with Crippen LogP contribution in [0.5, 0.6) is 0 Å². The van der Waals surface area contributed by atoms with Crippen molar-refractivity contribution in [2.75, 3.05) is 19.8 Å². The third-order valence-corrected chi connectivity index (χ3v) is 3.78. The molecule has 1 fully saturated rings. The van der Waals surface area contributed by atoms with Crippen LogP contribution >= 0.6 is 0 Å². The summed E-state index contributed by atoms with van der Waals surface area (Å²) in [6.45, 7) is 0.221. The minimum atomic E-state index is -0.499. The predicted molar refractivity (Wildman–Crippen MR) is 75.2 cm³/mol. The molecule has 1 heterocycles. The molecule has 106 valence electrons. The Kier molecular flexibility index (Phi) is 3.98. The molecule has 2 N–H and O–H groups in total. The van der Waals surface area contributed by atoms with Crippen LogP contribution in [-0.4, -0.2) is 36.1 Å². The Balaban J connectivity index is 1.92. The van der Waals surface area contributed by atoms with Gasteiger partial charge in [-0.3, -0.25) is 0 Å². The summed E-state index contributed by atoms with van der Waals surface area (Å²) in [6, 6.07) is 14.0.